The molecule has 2 aromatic carbocycles. The standard InChI is InChI=1S/C19H18N4O3/c1-25-15-8-6-13(7-9-15)12-20-23-19(24)18-11-17(21-22-18)14-4-3-5-16(10-14)26-2/h3-12H,1-2H3,(H,21,22)(H,23,24). The van der Waals surface area contributed by atoms with E-state index in [0.717, 1.165) is 22.6 Å². The number of hydrazone groups is 1. The molecule has 0 fully saturated rings. The van der Waals surface area contributed by atoms with Crippen LogP contribution in [-0.2, 0) is 0 Å². The molecule has 0 aliphatic heterocycles. The third kappa shape index (κ3) is 4.07. The molecule has 0 spiro atoms. The highest BCUT2D eigenvalue weighted by Crippen LogP contribution is 2.22. The molecule has 0 atom stereocenters. The van der Waals surface area contributed by atoms with Crippen molar-refractivity contribution in [2.75, 3.05) is 14.2 Å². The Kier molecular flexibility index (Phi) is 5.28. The molecular formula is C19H18N4O3. The fourth-order valence-electron chi connectivity index (χ4n) is 2.28. The van der Waals surface area contributed by atoms with Gasteiger partial charge in [0.25, 0.3) is 5.91 Å². The number of rotatable bonds is 6. The largest absolute Gasteiger partial charge is 0.497 e. The molecule has 1 amide bonds. The Bertz CT molecular complexity index is 917. The number of H-pyrrole nitrogens is 1. The molecule has 0 bridgehead atoms. The molecule has 132 valence electrons. The van der Waals surface area contributed by atoms with Gasteiger partial charge in [0.2, 0.25) is 0 Å². The van der Waals surface area contributed by atoms with Crippen molar-refractivity contribution in [1.29, 1.82) is 0 Å². The number of aromatic nitrogens is 2. The topological polar surface area (TPSA) is 88.6 Å². The Labute approximate surface area is 150 Å². The van der Waals surface area contributed by atoms with Gasteiger partial charge in [0.1, 0.15) is 17.2 Å². The first-order valence-electron chi connectivity index (χ1n) is 7.87. The van der Waals surface area contributed by atoms with Gasteiger partial charge in [-0.15, -0.1) is 0 Å². The van der Waals surface area contributed by atoms with Crippen LogP contribution >= 0.6 is 0 Å². The fourth-order valence-corrected chi connectivity index (χ4v) is 2.28. The molecule has 0 saturated heterocycles. The number of hydrogen-bond donors (Lipinski definition) is 2. The van der Waals surface area contributed by atoms with Gasteiger partial charge in [-0.1, -0.05) is 12.1 Å². The van der Waals surface area contributed by atoms with Gasteiger partial charge in [-0.2, -0.15) is 10.2 Å². The van der Waals surface area contributed by atoms with Crippen LogP contribution in [0.15, 0.2) is 59.7 Å². The van der Waals surface area contributed by atoms with Crippen molar-refractivity contribution in [2.45, 2.75) is 0 Å². The zero-order chi connectivity index (χ0) is 18.4. The number of ether oxygens (including phenoxy) is 2. The normalized spacial score (nSPS) is 10.7. The first kappa shape index (κ1) is 17.2. The van der Waals surface area contributed by atoms with Crippen LogP contribution in [0.5, 0.6) is 11.5 Å². The molecule has 1 aromatic heterocycles. The maximum atomic E-state index is 12.2. The molecule has 0 aliphatic rings. The minimum absolute atomic E-state index is 0.315. The maximum absolute atomic E-state index is 12.2. The lowest BCUT2D eigenvalue weighted by Gasteiger charge is -2.01. The minimum Gasteiger partial charge on any atom is -0.497 e. The minimum atomic E-state index is -0.378. The average molecular weight is 350 g/mol. The molecule has 7 heteroatoms. The molecule has 0 saturated carbocycles. The van der Waals surface area contributed by atoms with Crippen molar-refractivity contribution in [1.82, 2.24) is 15.6 Å². The second kappa shape index (κ2) is 7.98. The lowest BCUT2D eigenvalue weighted by Crippen LogP contribution is -2.17. The Morgan fingerprint density at radius 3 is 2.58 bits per heavy atom. The zero-order valence-corrected chi connectivity index (χ0v) is 14.4. The fraction of sp³-hybridized carbons (Fsp3) is 0.105. The zero-order valence-electron chi connectivity index (χ0n) is 14.4. The van der Waals surface area contributed by atoms with Crippen molar-refractivity contribution in [3.05, 3.63) is 65.9 Å². The van der Waals surface area contributed by atoms with Gasteiger partial charge in [-0.05, 0) is 48.0 Å². The van der Waals surface area contributed by atoms with Crippen molar-refractivity contribution >= 4 is 12.1 Å². The number of aromatic amines is 1. The van der Waals surface area contributed by atoms with Gasteiger partial charge in [0.15, 0.2) is 0 Å². The predicted molar refractivity (Wildman–Crippen MR) is 98.6 cm³/mol. The molecule has 26 heavy (non-hydrogen) atoms. The van der Waals surface area contributed by atoms with E-state index in [1.807, 2.05) is 48.5 Å². The van der Waals surface area contributed by atoms with Gasteiger partial charge in [-0.25, -0.2) is 5.43 Å². The van der Waals surface area contributed by atoms with E-state index in [-0.39, 0.29) is 5.91 Å². The quantitative estimate of drug-likeness (QED) is 0.528. The number of hydrogen-bond acceptors (Lipinski definition) is 5. The SMILES string of the molecule is COc1ccc(C=NNC(=O)c2cc(-c3cccc(OC)c3)n[nH]2)cc1. The molecule has 1 heterocycles. The number of carbonyl (C=O) groups excluding carboxylic acids is 1. The van der Waals surface area contributed by atoms with Crippen LogP contribution in [0.3, 0.4) is 0 Å². The van der Waals surface area contributed by atoms with E-state index >= 15 is 0 Å². The highest BCUT2D eigenvalue weighted by atomic mass is 16.5. The van der Waals surface area contributed by atoms with E-state index in [0.29, 0.717) is 11.4 Å². The number of nitrogens with one attached hydrogen (secondary N) is 2. The smallest absolute Gasteiger partial charge is 0.289 e. The van der Waals surface area contributed by atoms with Crippen LogP contribution in [0.2, 0.25) is 0 Å². The average Bonchev–Trinajstić information content (AvgIpc) is 3.19. The van der Waals surface area contributed by atoms with Crippen molar-refractivity contribution in [3.8, 4) is 22.8 Å². The van der Waals surface area contributed by atoms with Gasteiger partial charge in [-0.3, -0.25) is 9.89 Å². The number of methoxy groups -OCH3 is 2. The molecule has 7 nitrogen and oxygen atoms in total. The van der Waals surface area contributed by atoms with Gasteiger partial charge in [0.05, 0.1) is 26.1 Å². The second-order valence-corrected chi connectivity index (χ2v) is 5.37. The lowest BCUT2D eigenvalue weighted by atomic mass is 10.1. The van der Waals surface area contributed by atoms with Crippen LogP contribution in [0, 0.1) is 0 Å². The Morgan fingerprint density at radius 2 is 1.85 bits per heavy atom. The van der Waals surface area contributed by atoms with Gasteiger partial charge >= 0.3 is 0 Å². The summed E-state index contributed by atoms with van der Waals surface area (Å²) in [4.78, 5) is 12.2. The van der Waals surface area contributed by atoms with Crippen molar-refractivity contribution in [3.63, 3.8) is 0 Å². The second-order valence-electron chi connectivity index (χ2n) is 5.37. The summed E-state index contributed by atoms with van der Waals surface area (Å²) >= 11 is 0. The summed E-state index contributed by atoms with van der Waals surface area (Å²) < 4.78 is 10.3. The molecule has 3 aromatic rings. The van der Waals surface area contributed by atoms with Gasteiger partial charge in [0, 0.05) is 5.56 Å². The molecule has 0 radical (unpaired) electrons. The van der Waals surface area contributed by atoms with E-state index < -0.39 is 0 Å². The van der Waals surface area contributed by atoms with Crippen LogP contribution in [0.1, 0.15) is 16.1 Å². The summed E-state index contributed by atoms with van der Waals surface area (Å²) in [5, 5.41) is 10.8. The Hall–Kier alpha value is -3.61. The third-order valence-corrected chi connectivity index (χ3v) is 3.68. The maximum Gasteiger partial charge on any atom is 0.289 e. The summed E-state index contributed by atoms with van der Waals surface area (Å²) in [7, 11) is 3.21. The number of amides is 1. The Morgan fingerprint density at radius 1 is 1.08 bits per heavy atom. The molecule has 0 aliphatic carbocycles. The summed E-state index contributed by atoms with van der Waals surface area (Å²) in [6.45, 7) is 0. The van der Waals surface area contributed by atoms with Crippen molar-refractivity contribution < 1.29 is 14.3 Å². The molecule has 3 rings (SSSR count). The van der Waals surface area contributed by atoms with Crippen LogP contribution in [0.4, 0.5) is 0 Å². The Balaban J connectivity index is 1.64. The van der Waals surface area contributed by atoms with E-state index in [1.165, 1.54) is 0 Å². The number of benzene rings is 2. The van der Waals surface area contributed by atoms with E-state index in [9.17, 15) is 4.79 Å². The first-order chi connectivity index (χ1) is 12.7. The molecule has 0 unspecified atom stereocenters. The summed E-state index contributed by atoms with van der Waals surface area (Å²) in [6.07, 6.45) is 1.55. The number of carbonyl (C=O) groups is 1. The van der Waals surface area contributed by atoms with E-state index in [4.69, 9.17) is 9.47 Å². The predicted octanol–water partition coefficient (Wildman–Crippen LogP) is 2.86. The summed E-state index contributed by atoms with van der Waals surface area (Å²) in [5.41, 5.74) is 5.12. The van der Waals surface area contributed by atoms with Crippen LogP contribution in [0.25, 0.3) is 11.3 Å². The van der Waals surface area contributed by atoms with E-state index in [1.54, 1.807) is 26.5 Å². The van der Waals surface area contributed by atoms with Crippen molar-refractivity contribution in [2.24, 2.45) is 5.10 Å². The van der Waals surface area contributed by atoms with Crippen LogP contribution in [-0.4, -0.2) is 36.5 Å². The first-order valence-corrected chi connectivity index (χ1v) is 7.87. The third-order valence-electron chi connectivity index (χ3n) is 3.68. The highest BCUT2D eigenvalue weighted by molar-refractivity contribution is 5.94. The molecule has 2 N–H and O–H groups in total. The van der Waals surface area contributed by atoms with Gasteiger partial charge < -0.3 is 9.47 Å². The monoisotopic (exact) mass is 350 g/mol. The number of nitrogens with zero attached hydrogens (tertiary/aromatic N) is 2. The summed E-state index contributed by atoms with van der Waals surface area (Å²) in [5.74, 6) is 1.10. The highest BCUT2D eigenvalue weighted by Gasteiger charge is 2.10. The lowest BCUT2D eigenvalue weighted by molar-refractivity contribution is 0.0950. The van der Waals surface area contributed by atoms with E-state index in [2.05, 4.69) is 20.7 Å². The van der Waals surface area contributed by atoms with Crippen LogP contribution < -0.4 is 14.9 Å². The summed E-state index contributed by atoms with van der Waals surface area (Å²) in [6, 6.07) is 16.4. The molecular weight excluding hydrogens is 332 g/mol.